The van der Waals surface area contributed by atoms with E-state index in [1.165, 1.54) is 0 Å². The molecular weight excluding hydrogens is 238 g/mol. The van der Waals surface area contributed by atoms with Crippen molar-refractivity contribution in [1.82, 2.24) is 4.98 Å². The summed E-state index contributed by atoms with van der Waals surface area (Å²) >= 11 is 0. The Morgan fingerprint density at radius 3 is 2.68 bits per heavy atom. The highest BCUT2D eigenvalue weighted by Crippen LogP contribution is 2.17. The Morgan fingerprint density at radius 2 is 1.95 bits per heavy atom. The highest BCUT2D eigenvalue weighted by Gasteiger charge is 2.07. The molecule has 100 valence electrons. The van der Waals surface area contributed by atoms with Gasteiger partial charge in [-0.15, -0.1) is 0 Å². The normalized spacial score (nSPS) is 10.4. The molecule has 0 radical (unpaired) electrons. The van der Waals surface area contributed by atoms with E-state index < -0.39 is 0 Å². The smallest absolute Gasteiger partial charge is 0.254 e. The first kappa shape index (κ1) is 13.4. The average molecular weight is 257 g/mol. The van der Waals surface area contributed by atoms with Gasteiger partial charge in [0.25, 0.3) is 5.56 Å². The molecule has 1 N–H and O–H groups in total. The minimum atomic E-state index is -0.0426. The molecule has 0 aliphatic heterocycles. The zero-order valence-corrected chi connectivity index (χ0v) is 11.2. The second kappa shape index (κ2) is 6.78. The number of H-pyrrole nitrogens is 1. The molecule has 2 aromatic rings. The fraction of sp³-hybridized carbons (Fsp3) is 0.312. The standard InChI is InChI=1S/C16H19NO2/c1-2-3-9-14-15(10-11-17-16(14)18)19-12-13-7-5-4-6-8-13/h4-8,10-11H,2-3,9,12H2,1H3,(H,17,18). The maximum absolute atomic E-state index is 11.8. The fourth-order valence-electron chi connectivity index (χ4n) is 1.95. The summed E-state index contributed by atoms with van der Waals surface area (Å²) in [6.07, 6.45) is 4.45. The second-order valence-corrected chi connectivity index (χ2v) is 4.53. The van der Waals surface area contributed by atoms with Gasteiger partial charge >= 0.3 is 0 Å². The van der Waals surface area contributed by atoms with Gasteiger partial charge in [-0.1, -0.05) is 43.7 Å². The summed E-state index contributed by atoms with van der Waals surface area (Å²) in [5.41, 5.74) is 1.81. The van der Waals surface area contributed by atoms with Gasteiger partial charge in [0.2, 0.25) is 0 Å². The summed E-state index contributed by atoms with van der Waals surface area (Å²) in [7, 11) is 0. The number of hydrogen-bond acceptors (Lipinski definition) is 2. The van der Waals surface area contributed by atoms with Crippen molar-refractivity contribution in [3.63, 3.8) is 0 Å². The molecule has 0 fully saturated rings. The molecule has 1 aromatic carbocycles. The van der Waals surface area contributed by atoms with Gasteiger partial charge in [-0.2, -0.15) is 0 Å². The average Bonchev–Trinajstić information content (AvgIpc) is 2.45. The second-order valence-electron chi connectivity index (χ2n) is 4.53. The molecule has 0 amide bonds. The van der Waals surface area contributed by atoms with Crippen LogP contribution in [-0.4, -0.2) is 4.98 Å². The van der Waals surface area contributed by atoms with Gasteiger partial charge in [-0.3, -0.25) is 4.79 Å². The lowest BCUT2D eigenvalue weighted by Gasteiger charge is -2.10. The summed E-state index contributed by atoms with van der Waals surface area (Å²) in [4.78, 5) is 14.5. The lowest BCUT2D eigenvalue weighted by molar-refractivity contribution is 0.301. The quantitative estimate of drug-likeness (QED) is 0.862. The Balaban J connectivity index is 2.11. The third-order valence-electron chi connectivity index (χ3n) is 3.04. The van der Waals surface area contributed by atoms with E-state index in [0.717, 1.165) is 30.4 Å². The van der Waals surface area contributed by atoms with Crippen LogP contribution in [-0.2, 0) is 13.0 Å². The molecule has 0 unspecified atom stereocenters. The maximum atomic E-state index is 11.8. The van der Waals surface area contributed by atoms with E-state index in [9.17, 15) is 4.79 Å². The molecule has 1 heterocycles. The molecule has 0 aliphatic carbocycles. The highest BCUT2D eigenvalue weighted by molar-refractivity contribution is 5.30. The Morgan fingerprint density at radius 1 is 1.16 bits per heavy atom. The number of hydrogen-bond donors (Lipinski definition) is 1. The largest absolute Gasteiger partial charge is 0.488 e. The molecule has 0 atom stereocenters. The van der Waals surface area contributed by atoms with E-state index in [4.69, 9.17) is 4.74 Å². The van der Waals surface area contributed by atoms with Crippen LogP contribution in [0.15, 0.2) is 47.4 Å². The number of rotatable bonds is 6. The minimum Gasteiger partial charge on any atom is -0.488 e. The SMILES string of the molecule is CCCCc1c(OCc2ccccc2)cc[nH]c1=O. The first-order chi connectivity index (χ1) is 9.31. The predicted molar refractivity (Wildman–Crippen MR) is 76.4 cm³/mol. The van der Waals surface area contributed by atoms with Crippen LogP contribution in [0.2, 0.25) is 0 Å². The van der Waals surface area contributed by atoms with Gasteiger partial charge in [-0.25, -0.2) is 0 Å². The molecule has 0 saturated carbocycles. The van der Waals surface area contributed by atoms with Crippen molar-refractivity contribution in [1.29, 1.82) is 0 Å². The monoisotopic (exact) mass is 257 g/mol. The summed E-state index contributed by atoms with van der Waals surface area (Å²) in [5.74, 6) is 0.695. The summed E-state index contributed by atoms with van der Waals surface area (Å²) in [6.45, 7) is 2.60. The number of ether oxygens (including phenoxy) is 1. The van der Waals surface area contributed by atoms with Crippen molar-refractivity contribution in [3.05, 3.63) is 64.1 Å². The molecule has 0 aliphatic rings. The summed E-state index contributed by atoms with van der Waals surface area (Å²) in [5, 5.41) is 0. The fourth-order valence-corrected chi connectivity index (χ4v) is 1.95. The summed E-state index contributed by atoms with van der Waals surface area (Å²) in [6, 6.07) is 11.8. The minimum absolute atomic E-state index is 0.0426. The van der Waals surface area contributed by atoms with Crippen LogP contribution < -0.4 is 10.3 Å². The number of aromatic nitrogens is 1. The van der Waals surface area contributed by atoms with E-state index in [1.807, 2.05) is 36.4 Å². The van der Waals surface area contributed by atoms with Crippen LogP contribution in [0.25, 0.3) is 0 Å². The Labute approximate surface area is 113 Å². The van der Waals surface area contributed by atoms with Crippen LogP contribution in [0.5, 0.6) is 5.75 Å². The van der Waals surface area contributed by atoms with Gasteiger partial charge in [-0.05, 0) is 24.5 Å². The van der Waals surface area contributed by atoms with Gasteiger partial charge < -0.3 is 9.72 Å². The molecule has 0 spiro atoms. The van der Waals surface area contributed by atoms with E-state index in [1.54, 1.807) is 6.20 Å². The zero-order chi connectivity index (χ0) is 13.5. The molecule has 3 nitrogen and oxygen atoms in total. The molecular formula is C16H19NO2. The molecule has 0 saturated heterocycles. The third-order valence-corrected chi connectivity index (χ3v) is 3.04. The van der Waals surface area contributed by atoms with Crippen molar-refractivity contribution in [2.45, 2.75) is 32.8 Å². The van der Waals surface area contributed by atoms with Crippen LogP contribution in [0.1, 0.15) is 30.9 Å². The van der Waals surface area contributed by atoms with Crippen LogP contribution in [0, 0.1) is 0 Å². The molecule has 0 bridgehead atoms. The van der Waals surface area contributed by atoms with Crippen LogP contribution in [0.3, 0.4) is 0 Å². The number of benzene rings is 1. The van der Waals surface area contributed by atoms with Crippen molar-refractivity contribution in [2.75, 3.05) is 0 Å². The maximum Gasteiger partial charge on any atom is 0.254 e. The van der Waals surface area contributed by atoms with Crippen molar-refractivity contribution >= 4 is 0 Å². The topological polar surface area (TPSA) is 42.1 Å². The van der Waals surface area contributed by atoms with Crippen LogP contribution in [0.4, 0.5) is 0 Å². The van der Waals surface area contributed by atoms with Gasteiger partial charge in [0.05, 0.1) is 5.56 Å². The van der Waals surface area contributed by atoms with Crippen LogP contribution >= 0.6 is 0 Å². The first-order valence-corrected chi connectivity index (χ1v) is 6.68. The van der Waals surface area contributed by atoms with Crippen molar-refractivity contribution < 1.29 is 4.74 Å². The molecule has 2 rings (SSSR count). The van der Waals surface area contributed by atoms with E-state index in [0.29, 0.717) is 12.4 Å². The number of nitrogens with one attached hydrogen (secondary N) is 1. The van der Waals surface area contributed by atoms with Gasteiger partial charge in [0.1, 0.15) is 12.4 Å². The number of aromatic amines is 1. The number of unbranched alkanes of at least 4 members (excludes halogenated alkanes) is 1. The predicted octanol–water partition coefficient (Wildman–Crippen LogP) is 3.30. The first-order valence-electron chi connectivity index (χ1n) is 6.68. The number of pyridine rings is 1. The van der Waals surface area contributed by atoms with Gasteiger partial charge in [0.15, 0.2) is 0 Å². The highest BCUT2D eigenvalue weighted by atomic mass is 16.5. The Hall–Kier alpha value is -2.03. The lowest BCUT2D eigenvalue weighted by Crippen LogP contribution is -2.14. The zero-order valence-electron chi connectivity index (χ0n) is 11.2. The molecule has 1 aromatic heterocycles. The molecule has 19 heavy (non-hydrogen) atoms. The van der Waals surface area contributed by atoms with Gasteiger partial charge in [0, 0.05) is 6.20 Å². The lowest BCUT2D eigenvalue weighted by atomic mass is 10.1. The molecule has 3 heteroatoms. The summed E-state index contributed by atoms with van der Waals surface area (Å²) < 4.78 is 5.78. The third kappa shape index (κ3) is 3.71. The van der Waals surface area contributed by atoms with E-state index >= 15 is 0 Å². The van der Waals surface area contributed by atoms with E-state index in [-0.39, 0.29) is 5.56 Å². The Kier molecular flexibility index (Phi) is 4.78. The van der Waals surface area contributed by atoms with Crippen molar-refractivity contribution in [3.8, 4) is 5.75 Å². The Bertz CT molecular complexity index is 560. The van der Waals surface area contributed by atoms with Crippen molar-refractivity contribution in [2.24, 2.45) is 0 Å². The van der Waals surface area contributed by atoms with E-state index in [2.05, 4.69) is 11.9 Å².